The maximum Gasteiger partial charge on any atom is 0.272 e. The first-order chi connectivity index (χ1) is 22.3. The van der Waals surface area contributed by atoms with E-state index in [9.17, 15) is 14.4 Å². The van der Waals surface area contributed by atoms with Crippen LogP contribution in [0.5, 0.6) is 11.5 Å². The number of hydrogen-bond acceptors (Lipinski definition) is 5. The molecule has 0 aliphatic rings. The van der Waals surface area contributed by atoms with Crippen LogP contribution in [0.2, 0.25) is 0 Å². The first-order valence-corrected chi connectivity index (χ1v) is 15.6. The highest BCUT2D eigenvalue weighted by atomic mass is 32.2. The summed E-state index contributed by atoms with van der Waals surface area (Å²) >= 11 is 1.40. The lowest BCUT2D eigenvalue weighted by Gasteiger charge is -2.14. The third-order valence-electron chi connectivity index (χ3n) is 6.81. The van der Waals surface area contributed by atoms with Gasteiger partial charge in [-0.15, -0.1) is 11.8 Å². The van der Waals surface area contributed by atoms with Crippen molar-refractivity contribution in [3.63, 3.8) is 0 Å². The fraction of sp³-hybridized carbons (Fsp3) is 0.0789. The number of anilines is 2. The largest absolute Gasteiger partial charge is 0.457 e. The molecule has 3 amide bonds. The summed E-state index contributed by atoms with van der Waals surface area (Å²) in [7, 11) is 0. The van der Waals surface area contributed by atoms with E-state index in [1.165, 1.54) is 11.8 Å². The number of ether oxygens (including phenoxy) is 1. The van der Waals surface area contributed by atoms with Crippen LogP contribution in [0.25, 0.3) is 6.08 Å². The summed E-state index contributed by atoms with van der Waals surface area (Å²) in [6, 6.07) is 40.3. The van der Waals surface area contributed by atoms with Gasteiger partial charge in [0, 0.05) is 21.8 Å². The molecule has 0 radical (unpaired) electrons. The number of thioether (sulfide) groups is 1. The average molecular weight is 628 g/mol. The van der Waals surface area contributed by atoms with E-state index >= 15 is 0 Å². The topological polar surface area (TPSA) is 96.5 Å². The lowest BCUT2D eigenvalue weighted by Crippen LogP contribution is -2.30. The summed E-state index contributed by atoms with van der Waals surface area (Å²) in [6.45, 7) is 3.81. The molecule has 0 fully saturated rings. The zero-order chi connectivity index (χ0) is 32.3. The van der Waals surface area contributed by atoms with Crippen LogP contribution in [0.15, 0.2) is 144 Å². The highest BCUT2D eigenvalue weighted by molar-refractivity contribution is 8.00. The number of carbonyl (C=O) groups is 3. The average Bonchev–Trinajstić information content (AvgIpc) is 3.08. The molecule has 8 heteroatoms. The Labute approximate surface area is 272 Å². The van der Waals surface area contributed by atoms with Gasteiger partial charge >= 0.3 is 0 Å². The van der Waals surface area contributed by atoms with Crippen LogP contribution in [-0.4, -0.2) is 23.0 Å². The molecule has 5 aromatic carbocycles. The molecule has 1 unspecified atom stereocenters. The van der Waals surface area contributed by atoms with Crippen molar-refractivity contribution in [2.24, 2.45) is 0 Å². The van der Waals surface area contributed by atoms with Gasteiger partial charge in [0.1, 0.15) is 17.2 Å². The molecule has 230 valence electrons. The van der Waals surface area contributed by atoms with Crippen molar-refractivity contribution < 1.29 is 19.1 Å². The van der Waals surface area contributed by atoms with Gasteiger partial charge in [0.2, 0.25) is 5.91 Å². The van der Waals surface area contributed by atoms with Crippen LogP contribution in [0.4, 0.5) is 11.4 Å². The molecule has 0 saturated carbocycles. The predicted octanol–water partition coefficient (Wildman–Crippen LogP) is 8.32. The van der Waals surface area contributed by atoms with Gasteiger partial charge in [-0.2, -0.15) is 0 Å². The van der Waals surface area contributed by atoms with Crippen LogP contribution >= 0.6 is 11.8 Å². The maximum atomic E-state index is 13.3. The quantitative estimate of drug-likeness (QED) is 0.101. The third-order valence-corrected chi connectivity index (χ3v) is 7.92. The predicted molar refractivity (Wildman–Crippen MR) is 185 cm³/mol. The fourth-order valence-electron chi connectivity index (χ4n) is 4.32. The third kappa shape index (κ3) is 9.20. The SMILES string of the molecule is Cc1ccc(/C=C(\NC(=O)c2ccccc2)C(=O)Nc2ccc(SC(C)C(=O)Nc3ccc(Oc4ccccc4)cc3)cc2)cc1. The molecule has 0 aliphatic carbocycles. The van der Waals surface area contributed by atoms with Crippen molar-refractivity contribution in [3.05, 3.63) is 156 Å². The minimum atomic E-state index is -0.460. The molecule has 7 nitrogen and oxygen atoms in total. The summed E-state index contributed by atoms with van der Waals surface area (Å²) in [6.07, 6.45) is 1.64. The number of aryl methyl sites for hydroxylation is 1. The Morgan fingerprint density at radius 2 is 1.24 bits per heavy atom. The van der Waals surface area contributed by atoms with Gasteiger partial charge in [0.25, 0.3) is 11.8 Å². The van der Waals surface area contributed by atoms with Gasteiger partial charge in [-0.25, -0.2) is 0 Å². The van der Waals surface area contributed by atoms with E-state index in [2.05, 4.69) is 16.0 Å². The minimum Gasteiger partial charge on any atom is -0.457 e. The second-order valence-corrected chi connectivity index (χ2v) is 11.9. The highest BCUT2D eigenvalue weighted by Crippen LogP contribution is 2.27. The monoisotopic (exact) mass is 627 g/mol. The normalized spacial score (nSPS) is 11.7. The van der Waals surface area contributed by atoms with Crippen LogP contribution < -0.4 is 20.7 Å². The van der Waals surface area contributed by atoms with E-state index in [1.807, 2.05) is 98.8 Å². The fourth-order valence-corrected chi connectivity index (χ4v) is 5.19. The molecular weight excluding hydrogens is 595 g/mol. The summed E-state index contributed by atoms with van der Waals surface area (Å²) in [5.74, 6) is 0.431. The van der Waals surface area contributed by atoms with Crippen molar-refractivity contribution in [1.29, 1.82) is 0 Å². The number of carbonyl (C=O) groups excluding carboxylic acids is 3. The number of nitrogens with one attached hydrogen (secondary N) is 3. The highest BCUT2D eigenvalue weighted by Gasteiger charge is 2.17. The molecule has 0 heterocycles. The second kappa shape index (κ2) is 15.4. The molecule has 5 rings (SSSR count). The van der Waals surface area contributed by atoms with Crippen molar-refractivity contribution in [1.82, 2.24) is 5.32 Å². The first-order valence-electron chi connectivity index (χ1n) is 14.7. The van der Waals surface area contributed by atoms with Crippen LogP contribution in [0.1, 0.15) is 28.4 Å². The van der Waals surface area contributed by atoms with Crippen LogP contribution in [0, 0.1) is 6.92 Å². The van der Waals surface area contributed by atoms with E-state index < -0.39 is 5.91 Å². The van der Waals surface area contributed by atoms with E-state index in [4.69, 9.17) is 4.74 Å². The zero-order valence-corrected chi connectivity index (χ0v) is 26.2. The van der Waals surface area contributed by atoms with Crippen molar-refractivity contribution in [3.8, 4) is 11.5 Å². The van der Waals surface area contributed by atoms with E-state index in [0.29, 0.717) is 22.7 Å². The molecule has 0 saturated heterocycles. The summed E-state index contributed by atoms with van der Waals surface area (Å²) < 4.78 is 5.81. The molecule has 0 bridgehead atoms. The number of rotatable bonds is 11. The van der Waals surface area contributed by atoms with E-state index in [-0.39, 0.29) is 22.8 Å². The Bertz CT molecular complexity index is 1810. The summed E-state index contributed by atoms with van der Waals surface area (Å²) in [4.78, 5) is 40.0. The van der Waals surface area contributed by atoms with E-state index in [1.54, 1.807) is 54.6 Å². The van der Waals surface area contributed by atoms with Crippen molar-refractivity contribution in [2.75, 3.05) is 10.6 Å². The molecule has 46 heavy (non-hydrogen) atoms. The van der Waals surface area contributed by atoms with Crippen molar-refractivity contribution >= 4 is 46.9 Å². The minimum absolute atomic E-state index is 0.112. The molecule has 0 spiro atoms. The molecular formula is C38H33N3O4S. The summed E-state index contributed by atoms with van der Waals surface area (Å²) in [5, 5.41) is 8.18. The van der Waals surface area contributed by atoms with Gasteiger partial charge in [0.15, 0.2) is 0 Å². The molecule has 0 aromatic heterocycles. The first kappa shape index (κ1) is 31.8. The maximum absolute atomic E-state index is 13.3. The molecule has 3 N–H and O–H groups in total. The Hall–Kier alpha value is -5.60. The van der Waals surface area contributed by atoms with Crippen molar-refractivity contribution in [2.45, 2.75) is 24.0 Å². The standard InChI is InChI=1S/C38H33N3O4S/c1-26-13-15-28(16-14-26)25-35(41-37(43)29-9-5-3-6-10-29)38(44)40-31-19-23-34(24-20-31)46-27(2)36(42)39-30-17-21-33(22-18-30)45-32-11-7-4-8-12-32/h3-25,27H,1-2H3,(H,39,42)(H,40,44)(H,41,43)/b35-25-. The number of benzene rings is 5. The lowest BCUT2D eigenvalue weighted by atomic mass is 10.1. The van der Waals surface area contributed by atoms with Gasteiger partial charge in [-0.3, -0.25) is 14.4 Å². The van der Waals surface area contributed by atoms with Gasteiger partial charge in [-0.1, -0.05) is 66.2 Å². The summed E-state index contributed by atoms with van der Waals surface area (Å²) in [5.41, 5.74) is 3.64. The Kier molecular flexibility index (Phi) is 10.7. The molecule has 5 aromatic rings. The second-order valence-electron chi connectivity index (χ2n) is 10.5. The van der Waals surface area contributed by atoms with Gasteiger partial charge in [-0.05, 0) is 98.3 Å². The Morgan fingerprint density at radius 3 is 1.89 bits per heavy atom. The number of para-hydroxylation sites is 1. The van der Waals surface area contributed by atoms with Gasteiger partial charge < -0.3 is 20.7 Å². The van der Waals surface area contributed by atoms with Crippen LogP contribution in [0.3, 0.4) is 0 Å². The molecule has 1 atom stereocenters. The number of hydrogen-bond donors (Lipinski definition) is 3. The lowest BCUT2D eigenvalue weighted by molar-refractivity contribution is -0.115. The smallest absolute Gasteiger partial charge is 0.272 e. The van der Waals surface area contributed by atoms with E-state index in [0.717, 1.165) is 21.8 Å². The van der Waals surface area contributed by atoms with Crippen LogP contribution in [-0.2, 0) is 9.59 Å². The number of amides is 3. The Balaban J connectivity index is 1.18. The van der Waals surface area contributed by atoms with Gasteiger partial charge in [0.05, 0.1) is 5.25 Å². The Morgan fingerprint density at radius 1 is 0.674 bits per heavy atom. The molecule has 0 aliphatic heterocycles. The zero-order valence-electron chi connectivity index (χ0n) is 25.4.